The lowest BCUT2D eigenvalue weighted by Gasteiger charge is -2.46. The molecule has 0 unspecified atom stereocenters. The second-order valence-electron chi connectivity index (χ2n) is 7.47. The number of aromatic amines is 1. The minimum atomic E-state index is -0.587. The molecule has 3 atom stereocenters. The first-order valence-electron chi connectivity index (χ1n) is 9.76. The topological polar surface area (TPSA) is 137 Å². The van der Waals surface area contributed by atoms with Crippen molar-refractivity contribution >= 4 is 18.3 Å². The molecule has 4 heterocycles. The van der Waals surface area contributed by atoms with Crippen LogP contribution >= 0.6 is 0 Å². The van der Waals surface area contributed by atoms with Gasteiger partial charge in [-0.25, -0.2) is 0 Å². The lowest BCUT2D eigenvalue weighted by molar-refractivity contribution is -0.135. The lowest BCUT2D eigenvalue weighted by Crippen LogP contribution is -2.54. The molecule has 0 spiro atoms. The lowest BCUT2D eigenvalue weighted by atomic mass is 9.78. The van der Waals surface area contributed by atoms with E-state index in [4.69, 9.17) is 9.90 Å². The molecule has 1 fully saturated rings. The molecule has 0 saturated carbocycles. The molecule has 1 saturated heterocycles. The van der Waals surface area contributed by atoms with Gasteiger partial charge in [0, 0.05) is 56.4 Å². The van der Waals surface area contributed by atoms with Crippen LogP contribution in [-0.4, -0.2) is 62.7 Å². The van der Waals surface area contributed by atoms with Crippen molar-refractivity contribution in [2.45, 2.75) is 31.7 Å². The molecule has 3 N–H and O–H groups in total. The molecular formula is C20H25N5O5. The molecule has 2 aliphatic heterocycles. The number of carbonyl (C=O) groups excluding carboxylic acids is 2. The van der Waals surface area contributed by atoms with Crippen LogP contribution in [0.4, 0.5) is 0 Å². The third kappa shape index (κ3) is 4.42. The smallest absolute Gasteiger partial charge is 0.290 e. The summed E-state index contributed by atoms with van der Waals surface area (Å²) in [5.74, 6) is -0.122. The number of nitrogens with one attached hydrogen (secondary N) is 2. The Kier molecular flexibility index (Phi) is 6.65. The summed E-state index contributed by atoms with van der Waals surface area (Å²) in [6, 6.07) is 4.54. The normalized spacial score (nSPS) is 21.6. The average Bonchev–Trinajstić information content (AvgIpc) is 3.23. The van der Waals surface area contributed by atoms with Gasteiger partial charge >= 0.3 is 0 Å². The molecule has 10 nitrogen and oxygen atoms in total. The maximum Gasteiger partial charge on any atom is 0.290 e. The van der Waals surface area contributed by atoms with Crippen molar-refractivity contribution in [2.75, 3.05) is 19.6 Å². The van der Waals surface area contributed by atoms with E-state index in [2.05, 4.69) is 15.5 Å². The number of amides is 2. The Bertz CT molecular complexity index is 955. The molecule has 30 heavy (non-hydrogen) atoms. The summed E-state index contributed by atoms with van der Waals surface area (Å²) in [6.45, 7) is 2.88. The summed E-state index contributed by atoms with van der Waals surface area (Å²) in [6.07, 6.45) is 5.00. The number of pyridine rings is 1. The van der Waals surface area contributed by atoms with Gasteiger partial charge in [0.25, 0.3) is 12.0 Å². The second-order valence-corrected chi connectivity index (χ2v) is 7.47. The molecule has 4 rings (SSSR count). The van der Waals surface area contributed by atoms with Crippen LogP contribution in [-0.2, 0) is 20.8 Å². The highest BCUT2D eigenvalue weighted by Crippen LogP contribution is 2.41. The number of H-pyrrole nitrogens is 1. The van der Waals surface area contributed by atoms with Gasteiger partial charge in [-0.15, -0.1) is 0 Å². The van der Waals surface area contributed by atoms with Gasteiger partial charge in [0.05, 0.1) is 6.20 Å². The van der Waals surface area contributed by atoms with Gasteiger partial charge in [-0.3, -0.25) is 28.8 Å². The monoisotopic (exact) mass is 415 g/mol. The van der Waals surface area contributed by atoms with Gasteiger partial charge in [-0.1, -0.05) is 6.07 Å². The zero-order valence-corrected chi connectivity index (χ0v) is 16.7. The fraction of sp³-hybridized carbons (Fsp3) is 0.450. The molecule has 0 aromatic carbocycles. The molecule has 2 aromatic rings. The molecule has 2 amide bonds. The highest BCUT2D eigenvalue weighted by atomic mass is 16.3. The van der Waals surface area contributed by atoms with Crippen molar-refractivity contribution in [1.29, 1.82) is 0 Å². The average molecular weight is 415 g/mol. The van der Waals surface area contributed by atoms with E-state index >= 15 is 0 Å². The van der Waals surface area contributed by atoms with Crippen molar-refractivity contribution in [3.8, 4) is 0 Å². The number of rotatable bonds is 4. The first-order chi connectivity index (χ1) is 14.5. The Balaban J connectivity index is 0.000000806. The fourth-order valence-corrected chi connectivity index (χ4v) is 4.38. The molecule has 10 heteroatoms. The highest BCUT2D eigenvalue weighted by Gasteiger charge is 2.44. The molecule has 160 valence electrons. The Morgan fingerprint density at radius 1 is 1.37 bits per heavy atom. The predicted molar refractivity (Wildman–Crippen MR) is 107 cm³/mol. The third-order valence-electron chi connectivity index (χ3n) is 5.63. The SMILES string of the molecule is CC(=O)N1C[C@H]2C[C@@H](C1)[C@H](C(=O)NCCc1cn[nH]c1)n1c2cccc1=O.O=CO. The van der Waals surface area contributed by atoms with E-state index < -0.39 is 6.04 Å². The number of carboxylic acid groups (broad SMARTS) is 1. The van der Waals surface area contributed by atoms with Gasteiger partial charge in [-0.2, -0.15) is 5.10 Å². The quantitative estimate of drug-likeness (QED) is 0.608. The van der Waals surface area contributed by atoms with Crippen LogP contribution in [0, 0.1) is 5.92 Å². The molecule has 2 bridgehead atoms. The number of nitrogens with zero attached hydrogens (tertiary/aromatic N) is 3. The number of hydrogen-bond donors (Lipinski definition) is 3. The first-order valence-corrected chi connectivity index (χ1v) is 9.76. The van der Waals surface area contributed by atoms with Crippen molar-refractivity contribution in [3.05, 3.63) is 52.2 Å². The minimum Gasteiger partial charge on any atom is -0.483 e. The van der Waals surface area contributed by atoms with E-state index in [9.17, 15) is 14.4 Å². The van der Waals surface area contributed by atoms with E-state index in [0.717, 1.165) is 17.7 Å². The van der Waals surface area contributed by atoms with Crippen molar-refractivity contribution in [3.63, 3.8) is 0 Å². The van der Waals surface area contributed by atoms with Gasteiger partial charge in [0.1, 0.15) is 6.04 Å². The van der Waals surface area contributed by atoms with E-state index in [1.807, 2.05) is 6.07 Å². The first kappa shape index (κ1) is 21.3. The van der Waals surface area contributed by atoms with Crippen LogP contribution in [0.5, 0.6) is 0 Å². The summed E-state index contributed by atoms with van der Waals surface area (Å²) in [4.78, 5) is 47.7. The van der Waals surface area contributed by atoms with Gasteiger partial charge in [-0.05, 0) is 24.5 Å². The Morgan fingerprint density at radius 3 is 2.80 bits per heavy atom. The van der Waals surface area contributed by atoms with Gasteiger partial charge < -0.3 is 15.3 Å². The number of fused-ring (bicyclic) bond motifs is 4. The summed E-state index contributed by atoms with van der Waals surface area (Å²) < 4.78 is 1.64. The zero-order chi connectivity index (χ0) is 21.7. The largest absolute Gasteiger partial charge is 0.483 e. The highest BCUT2D eigenvalue weighted by molar-refractivity contribution is 5.81. The van der Waals surface area contributed by atoms with Crippen molar-refractivity contribution in [2.24, 2.45) is 5.92 Å². The number of aromatic nitrogens is 3. The van der Waals surface area contributed by atoms with Crippen LogP contribution in [0.15, 0.2) is 35.4 Å². The zero-order valence-electron chi connectivity index (χ0n) is 16.7. The fourth-order valence-electron chi connectivity index (χ4n) is 4.38. The van der Waals surface area contributed by atoms with Crippen molar-refractivity contribution in [1.82, 2.24) is 25.0 Å². The number of piperidine rings is 1. The summed E-state index contributed by atoms with van der Waals surface area (Å²) in [5, 5.41) is 16.5. The van der Waals surface area contributed by atoms with Crippen LogP contribution in [0.1, 0.15) is 36.6 Å². The van der Waals surface area contributed by atoms with Crippen LogP contribution in [0.3, 0.4) is 0 Å². The standard InChI is InChI=1S/C19H23N5O3.CH2O2/c1-12(25)23-10-14-7-15(11-23)18(24-16(14)3-2-4-17(24)26)19(27)20-6-5-13-8-21-22-9-13;2-1-3/h2-4,8-9,14-15,18H,5-7,10-11H2,1H3,(H,20,27)(H,21,22);1H,(H,2,3)/t14-,15+,18-;/m1./s1. The Labute approximate surface area is 172 Å². The van der Waals surface area contributed by atoms with E-state index in [0.29, 0.717) is 26.1 Å². The van der Waals surface area contributed by atoms with Gasteiger partial charge in [0.2, 0.25) is 11.8 Å². The Morgan fingerprint density at radius 2 is 2.13 bits per heavy atom. The minimum absolute atomic E-state index is 0.00976. The second kappa shape index (κ2) is 9.38. The molecule has 2 aliphatic rings. The summed E-state index contributed by atoms with van der Waals surface area (Å²) in [7, 11) is 0. The van der Waals surface area contributed by atoms with Gasteiger partial charge in [0.15, 0.2) is 0 Å². The van der Waals surface area contributed by atoms with E-state index in [-0.39, 0.29) is 35.7 Å². The maximum atomic E-state index is 13.0. The van der Waals surface area contributed by atoms with Crippen molar-refractivity contribution < 1.29 is 19.5 Å². The maximum absolute atomic E-state index is 13.0. The van der Waals surface area contributed by atoms with E-state index in [1.165, 1.54) is 6.07 Å². The summed E-state index contributed by atoms with van der Waals surface area (Å²) >= 11 is 0. The third-order valence-corrected chi connectivity index (χ3v) is 5.63. The van der Waals surface area contributed by atoms with Crippen LogP contribution < -0.4 is 10.9 Å². The predicted octanol–water partition coefficient (Wildman–Crippen LogP) is 0.138. The number of likely N-dealkylation sites (tertiary alicyclic amines) is 1. The molecule has 2 aromatic heterocycles. The number of hydrogen-bond acceptors (Lipinski definition) is 5. The van der Waals surface area contributed by atoms with Crippen LogP contribution in [0.2, 0.25) is 0 Å². The molecular weight excluding hydrogens is 390 g/mol. The molecule has 0 radical (unpaired) electrons. The van der Waals surface area contributed by atoms with Crippen LogP contribution in [0.25, 0.3) is 0 Å². The Hall–Kier alpha value is -3.43. The number of carbonyl (C=O) groups is 3. The molecule has 0 aliphatic carbocycles. The summed E-state index contributed by atoms with van der Waals surface area (Å²) in [5.41, 5.74) is 1.70. The van der Waals surface area contributed by atoms with E-state index in [1.54, 1.807) is 34.9 Å².